The topological polar surface area (TPSA) is 117 Å². The molecule has 38 heavy (non-hydrogen) atoms. The van der Waals surface area contributed by atoms with Crippen LogP contribution in [0, 0.1) is 5.41 Å². The zero-order valence-corrected chi connectivity index (χ0v) is 23.6. The van der Waals surface area contributed by atoms with Crippen molar-refractivity contribution in [1.82, 2.24) is 5.32 Å². The Morgan fingerprint density at radius 2 is 1.84 bits per heavy atom. The maximum atomic E-state index is 11.8. The van der Waals surface area contributed by atoms with Crippen LogP contribution in [0.15, 0.2) is 41.6 Å². The second-order valence-electron chi connectivity index (χ2n) is 12.3. The number of aromatic hydroxyl groups is 1. The average molecular weight is 541 g/mol. The van der Waals surface area contributed by atoms with E-state index in [0.717, 1.165) is 29.3 Å². The summed E-state index contributed by atoms with van der Waals surface area (Å²) in [6.07, 6.45) is 1.60. The van der Waals surface area contributed by atoms with Crippen molar-refractivity contribution >= 4 is 28.6 Å². The summed E-state index contributed by atoms with van der Waals surface area (Å²) >= 11 is 1.01. The van der Waals surface area contributed by atoms with Crippen molar-refractivity contribution in [3.05, 3.63) is 53.1 Å². The van der Waals surface area contributed by atoms with Crippen LogP contribution in [0.3, 0.4) is 0 Å². The van der Waals surface area contributed by atoms with E-state index in [2.05, 4.69) is 45.1 Å². The smallest absolute Gasteiger partial charge is 0.286 e. The lowest BCUT2D eigenvalue weighted by Crippen LogP contribution is -2.44. The summed E-state index contributed by atoms with van der Waals surface area (Å²) < 4.78 is 12.5. The lowest BCUT2D eigenvalue weighted by Gasteiger charge is -2.38. The first kappa shape index (κ1) is 27.8. The van der Waals surface area contributed by atoms with Gasteiger partial charge < -0.3 is 19.8 Å². The summed E-state index contributed by atoms with van der Waals surface area (Å²) in [5.41, 5.74) is 1.62. The molecule has 9 heteroatoms. The predicted octanol–water partition coefficient (Wildman–Crippen LogP) is 5.80. The van der Waals surface area contributed by atoms with E-state index < -0.39 is 10.9 Å². The molecule has 0 aromatic heterocycles. The van der Waals surface area contributed by atoms with Gasteiger partial charge >= 0.3 is 0 Å². The van der Waals surface area contributed by atoms with Crippen molar-refractivity contribution in [2.45, 2.75) is 77.1 Å². The van der Waals surface area contributed by atoms with E-state index in [1.165, 1.54) is 0 Å². The van der Waals surface area contributed by atoms with Gasteiger partial charge in [-0.25, -0.2) is 0 Å². The van der Waals surface area contributed by atoms with Crippen LogP contribution in [0.5, 0.6) is 17.2 Å². The first-order valence-electron chi connectivity index (χ1n) is 12.7. The summed E-state index contributed by atoms with van der Waals surface area (Å²) in [6.45, 7) is 12.8. The van der Waals surface area contributed by atoms with E-state index in [0.29, 0.717) is 35.6 Å². The van der Waals surface area contributed by atoms with Gasteiger partial charge in [0.05, 0.1) is 11.0 Å². The van der Waals surface area contributed by atoms with Crippen LogP contribution >= 0.6 is 11.8 Å². The Kier molecular flexibility index (Phi) is 7.45. The first-order chi connectivity index (χ1) is 17.7. The van der Waals surface area contributed by atoms with Crippen LogP contribution in [0.4, 0.5) is 4.79 Å². The highest BCUT2D eigenvalue weighted by atomic mass is 32.2. The summed E-state index contributed by atoms with van der Waals surface area (Å²) in [7, 11) is 0. The van der Waals surface area contributed by atoms with Crippen molar-refractivity contribution in [3.63, 3.8) is 0 Å². The molecular formula is C29H36N2O6S. The minimum Gasteiger partial charge on any atom is -0.508 e. The molecule has 3 N–H and O–H groups in total. The van der Waals surface area contributed by atoms with E-state index >= 15 is 0 Å². The molecule has 2 aliphatic rings. The quantitative estimate of drug-likeness (QED) is 0.300. The number of amides is 2. The third-order valence-electron chi connectivity index (χ3n) is 6.78. The number of carbonyl (C=O) groups excluding carboxylic acids is 2. The van der Waals surface area contributed by atoms with E-state index in [4.69, 9.17) is 9.47 Å². The van der Waals surface area contributed by atoms with Gasteiger partial charge in [0.15, 0.2) is 0 Å². The summed E-state index contributed by atoms with van der Waals surface area (Å²) in [5.74, 6) is 1.06. The minimum absolute atomic E-state index is 0.0576. The Balaban J connectivity index is 1.49. The molecule has 1 fully saturated rings. The highest BCUT2D eigenvalue weighted by Crippen LogP contribution is 2.45. The highest BCUT2D eigenvalue weighted by molar-refractivity contribution is 8.15. The summed E-state index contributed by atoms with van der Waals surface area (Å²) in [6, 6.07) is 10.9. The predicted molar refractivity (Wildman–Crippen MR) is 148 cm³/mol. The van der Waals surface area contributed by atoms with Crippen LogP contribution in [0.25, 0.3) is 0 Å². The Labute approximate surface area is 227 Å². The van der Waals surface area contributed by atoms with Gasteiger partial charge in [-0.05, 0) is 60.4 Å². The number of ether oxygens (including phenoxy) is 2. The van der Waals surface area contributed by atoms with E-state index in [-0.39, 0.29) is 34.3 Å². The van der Waals surface area contributed by atoms with Crippen LogP contribution < -0.4 is 14.8 Å². The molecule has 8 nitrogen and oxygen atoms in total. The molecule has 0 spiro atoms. The summed E-state index contributed by atoms with van der Waals surface area (Å²) in [5, 5.41) is 25.7. The van der Waals surface area contributed by atoms with Gasteiger partial charge in [-0.3, -0.25) is 14.9 Å². The molecule has 2 heterocycles. The van der Waals surface area contributed by atoms with Gasteiger partial charge in [0, 0.05) is 17.5 Å². The van der Waals surface area contributed by atoms with Gasteiger partial charge in [0.1, 0.15) is 29.5 Å². The zero-order valence-electron chi connectivity index (χ0n) is 22.8. The molecule has 2 aromatic rings. The minimum atomic E-state index is -0.811. The van der Waals surface area contributed by atoms with Crippen molar-refractivity contribution in [2.75, 3.05) is 6.61 Å². The van der Waals surface area contributed by atoms with Crippen molar-refractivity contribution in [1.29, 1.82) is 0 Å². The third-order valence-corrected chi connectivity index (χ3v) is 7.77. The fourth-order valence-corrected chi connectivity index (χ4v) is 6.32. The number of phenols is 1. The average Bonchev–Trinajstić information content (AvgIpc) is 3.13. The monoisotopic (exact) mass is 540 g/mol. The van der Waals surface area contributed by atoms with Crippen LogP contribution in [-0.4, -0.2) is 44.6 Å². The molecule has 2 unspecified atom stereocenters. The number of imide groups is 1. The fraction of sp³-hybridized carbons (Fsp3) is 0.483. The molecule has 1 saturated heterocycles. The van der Waals surface area contributed by atoms with Crippen LogP contribution in [0.1, 0.15) is 71.1 Å². The Morgan fingerprint density at radius 3 is 2.42 bits per heavy atom. The Hall–Kier alpha value is -3.20. The second-order valence-corrected chi connectivity index (χ2v) is 13.5. The largest absolute Gasteiger partial charge is 0.508 e. The zero-order chi connectivity index (χ0) is 27.9. The van der Waals surface area contributed by atoms with E-state index in [1.54, 1.807) is 6.07 Å². The van der Waals surface area contributed by atoms with Crippen LogP contribution in [-0.2, 0) is 16.6 Å². The number of fused-ring (bicyclic) bond motifs is 1. The molecule has 0 aliphatic carbocycles. The molecule has 2 aromatic carbocycles. The highest BCUT2D eigenvalue weighted by Gasteiger charge is 2.39. The number of benzene rings is 2. The van der Waals surface area contributed by atoms with Crippen molar-refractivity contribution in [3.8, 4) is 17.2 Å². The number of hydrogen-bond acceptors (Lipinski definition) is 8. The molecular weight excluding hydrogens is 504 g/mol. The first-order valence-corrected chi connectivity index (χ1v) is 13.6. The molecule has 2 aliphatic heterocycles. The molecule has 0 bridgehead atoms. The fourth-order valence-electron chi connectivity index (χ4n) is 5.46. The Morgan fingerprint density at radius 1 is 1.16 bits per heavy atom. The number of oxime groups is 1. The number of nitrogens with zero attached hydrogens (tertiary/aromatic N) is 1. The molecule has 2 atom stereocenters. The second kappa shape index (κ2) is 10.2. The lowest BCUT2D eigenvalue weighted by molar-refractivity contribution is -0.118. The number of rotatable bonds is 7. The molecule has 204 valence electrons. The van der Waals surface area contributed by atoms with Crippen LogP contribution in [0.2, 0.25) is 0 Å². The van der Waals surface area contributed by atoms with E-state index in [1.807, 2.05) is 37.3 Å². The van der Waals surface area contributed by atoms with Gasteiger partial charge in [-0.1, -0.05) is 63.7 Å². The number of phenolic OH excluding ortho intramolecular Hbond substituents is 1. The number of carbonyl (C=O) groups is 2. The molecule has 0 radical (unpaired) electrons. The summed E-state index contributed by atoms with van der Waals surface area (Å²) in [4.78, 5) is 23.2. The molecule has 0 saturated carbocycles. The maximum absolute atomic E-state index is 11.8. The van der Waals surface area contributed by atoms with Gasteiger partial charge in [0.2, 0.25) is 5.91 Å². The maximum Gasteiger partial charge on any atom is 0.286 e. The molecule has 2 amide bonds. The van der Waals surface area contributed by atoms with Gasteiger partial charge in [-0.2, -0.15) is 0 Å². The number of thioether (sulfide) groups is 1. The Bertz CT molecular complexity index is 1270. The van der Waals surface area contributed by atoms with E-state index in [9.17, 15) is 19.9 Å². The van der Waals surface area contributed by atoms with Gasteiger partial charge in [-0.15, -0.1) is 0 Å². The normalized spacial score (nSPS) is 22.7. The SMILES string of the molecule is CC(C)(C)CC(C)(C)c1cc2c(cc1O)/C(=N\O)CC(C)(COc1ccc(CC3SC(=O)NC3=O)cc1)O2. The number of nitrogens with one attached hydrogen (secondary N) is 1. The van der Waals surface area contributed by atoms with Crippen molar-refractivity contribution in [2.24, 2.45) is 10.6 Å². The molecule has 4 rings (SSSR count). The third kappa shape index (κ3) is 6.26. The van der Waals surface area contributed by atoms with Gasteiger partial charge in [0.25, 0.3) is 5.24 Å². The number of hydrogen-bond donors (Lipinski definition) is 3. The standard InChI is InChI=1S/C29H36N2O6S/c1-27(2,3)15-28(4,5)20-13-23-19(12-22(20)32)21(31-35)14-29(6,37-23)16-36-18-9-7-17(8-10-18)11-24-25(33)30-26(34)38-24/h7-10,12-13,24,32,35H,11,14-16H2,1-6H3,(H,30,33,34)/b31-21-. The van der Waals surface area contributed by atoms with Crippen molar-refractivity contribution < 1.29 is 29.4 Å². The lowest BCUT2D eigenvalue weighted by atomic mass is 9.71.